The van der Waals surface area contributed by atoms with Crippen molar-refractivity contribution in [2.45, 2.75) is 13.0 Å². The van der Waals surface area contributed by atoms with Crippen molar-refractivity contribution in [3.8, 4) is 5.75 Å². The second kappa shape index (κ2) is 9.13. The van der Waals surface area contributed by atoms with Gasteiger partial charge in [0.05, 0.1) is 12.2 Å². The molecule has 2 aromatic carbocycles. The molecule has 2 aliphatic rings. The number of fused-ring (bicyclic) bond motifs is 1. The largest absolute Gasteiger partial charge is 0.476 e. The van der Waals surface area contributed by atoms with E-state index in [1.165, 1.54) is 12.5 Å². The SMILES string of the molecule is CC(=O)N1C[C@@H](C(=O)N2CCN(C/C=C/c3ccccc3)CC2)Oc2ccccc21. The van der Waals surface area contributed by atoms with E-state index in [-0.39, 0.29) is 18.4 Å². The summed E-state index contributed by atoms with van der Waals surface area (Å²) in [6.45, 7) is 5.62. The number of nitrogens with zero attached hydrogens (tertiary/aromatic N) is 3. The van der Waals surface area contributed by atoms with Gasteiger partial charge in [0.1, 0.15) is 5.75 Å². The first kappa shape index (κ1) is 20.2. The highest BCUT2D eigenvalue weighted by Crippen LogP contribution is 2.33. The average molecular weight is 405 g/mol. The number of piperazine rings is 1. The van der Waals surface area contributed by atoms with Crippen LogP contribution >= 0.6 is 0 Å². The third-order valence-electron chi connectivity index (χ3n) is 5.59. The molecule has 0 radical (unpaired) electrons. The molecule has 2 aromatic rings. The molecule has 0 unspecified atom stereocenters. The molecule has 0 bridgehead atoms. The minimum atomic E-state index is -0.659. The number of hydrogen-bond acceptors (Lipinski definition) is 4. The van der Waals surface area contributed by atoms with Gasteiger partial charge < -0.3 is 14.5 Å². The molecule has 0 aliphatic carbocycles. The minimum Gasteiger partial charge on any atom is -0.476 e. The molecule has 1 fully saturated rings. The number of ether oxygens (including phenoxy) is 1. The lowest BCUT2D eigenvalue weighted by Gasteiger charge is -2.39. The molecule has 6 nitrogen and oxygen atoms in total. The van der Waals surface area contributed by atoms with E-state index in [4.69, 9.17) is 4.74 Å². The monoisotopic (exact) mass is 405 g/mol. The number of amides is 2. The molecule has 30 heavy (non-hydrogen) atoms. The summed E-state index contributed by atoms with van der Waals surface area (Å²) in [4.78, 5) is 31.0. The Morgan fingerprint density at radius 3 is 2.43 bits per heavy atom. The van der Waals surface area contributed by atoms with E-state index in [0.717, 1.165) is 25.3 Å². The van der Waals surface area contributed by atoms with Gasteiger partial charge in [0.25, 0.3) is 5.91 Å². The van der Waals surface area contributed by atoms with Crippen LogP contribution in [0, 0.1) is 0 Å². The maximum atomic E-state index is 13.1. The third-order valence-corrected chi connectivity index (χ3v) is 5.59. The smallest absolute Gasteiger partial charge is 0.265 e. The molecular formula is C24H27N3O3. The molecule has 6 heteroatoms. The van der Waals surface area contributed by atoms with Crippen LogP contribution in [0.25, 0.3) is 6.08 Å². The molecule has 2 amide bonds. The van der Waals surface area contributed by atoms with Crippen LogP contribution in [0.1, 0.15) is 12.5 Å². The van der Waals surface area contributed by atoms with E-state index in [9.17, 15) is 9.59 Å². The maximum absolute atomic E-state index is 13.1. The number of hydrogen-bond donors (Lipinski definition) is 0. The number of para-hydroxylation sites is 2. The van der Waals surface area contributed by atoms with Crippen LogP contribution in [0.15, 0.2) is 60.7 Å². The first-order valence-corrected chi connectivity index (χ1v) is 10.4. The lowest BCUT2D eigenvalue weighted by molar-refractivity contribution is -0.140. The summed E-state index contributed by atoms with van der Waals surface area (Å²) in [7, 11) is 0. The van der Waals surface area contributed by atoms with E-state index in [2.05, 4.69) is 29.2 Å². The van der Waals surface area contributed by atoms with Crippen LogP contribution in [0.3, 0.4) is 0 Å². The molecule has 0 N–H and O–H groups in total. The number of benzene rings is 2. The first-order chi connectivity index (χ1) is 14.6. The van der Waals surface area contributed by atoms with Gasteiger partial charge in [0.15, 0.2) is 6.10 Å². The highest BCUT2D eigenvalue weighted by Gasteiger charge is 2.35. The van der Waals surface area contributed by atoms with Crippen molar-refractivity contribution in [3.63, 3.8) is 0 Å². The number of carbonyl (C=O) groups is 2. The van der Waals surface area contributed by atoms with E-state index < -0.39 is 6.10 Å². The van der Waals surface area contributed by atoms with E-state index in [0.29, 0.717) is 18.8 Å². The van der Waals surface area contributed by atoms with Crippen molar-refractivity contribution in [3.05, 3.63) is 66.2 Å². The molecule has 0 saturated carbocycles. The summed E-state index contributed by atoms with van der Waals surface area (Å²) >= 11 is 0. The number of carbonyl (C=O) groups excluding carboxylic acids is 2. The van der Waals surface area contributed by atoms with Crippen molar-refractivity contribution in [2.75, 3.05) is 44.2 Å². The topological polar surface area (TPSA) is 53.1 Å². The molecule has 1 saturated heterocycles. The lowest BCUT2D eigenvalue weighted by Crippen LogP contribution is -2.56. The molecule has 2 heterocycles. The normalized spacial score (nSPS) is 19.4. The van der Waals surface area contributed by atoms with Crippen molar-refractivity contribution in [1.29, 1.82) is 0 Å². The van der Waals surface area contributed by atoms with Crippen LogP contribution in [0.2, 0.25) is 0 Å². The van der Waals surface area contributed by atoms with Crippen molar-refractivity contribution >= 4 is 23.6 Å². The molecule has 156 valence electrons. The summed E-state index contributed by atoms with van der Waals surface area (Å²) in [6, 6.07) is 17.6. The predicted octanol–water partition coefficient (Wildman–Crippen LogP) is 2.66. The van der Waals surface area contributed by atoms with Crippen molar-refractivity contribution in [2.24, 2.45) is 0 Å². The standard InChI is InChI=1S/C24H27N3O3/c1-19(28)27-18-23(30-22-12-6-5-11-21(22)27)24(29)26-16-14-25(15-17-26)13-7-10-20-8-3-2-4-9-20/h2-12,23H,13-18H2,1H3/b10-7+/t23-/m0/s1. The van der Waals surface area contributed by atoms with E-state index >= 15 is 0 Å². The van der Waals surface area contributed by atoms with Gasteiger partial charge >= 0.3 is 0 Å². The Labute approximate surface area is 177 Å². The van der Waals surface area contributed by atoms with Crippen LogP contribution in [-0.2, 0) is 9.59 Å². The first-order valence-electron chi connectivity index (χ1n) is 10.4. The molecule has 1 atom stereocenters. The second-order valence-electron chi connectivity index (χ2n) is 7.64. The summed E-state index contributed by atoms with van der Waals surface area (Å²) < 4.78 is 5.96. The second-order valence-corrected chi connectivity index (χ2v) is 7.64. The van der Waals surface area contributed by atoms with Crippen LogP contribution < -0.4 is 9.64 Å². The van der Waals surface area contributed by atoms with Gasteiger partial charge in [-0.1, -0.05) is 54.6 Å². The molecule has 4 rings (SSSR count). The number of rotatable bonds is 4. The fourth-order valence-corrected chi connectivity index (χ4v) is 3.92. The van der Waals surface area contributed by atoms with Gasteiger partial charge in [-0.05, 0) is 17.7 Å². The fourth-order valence-electron chi connectivity index (χ4n) is 3.92. The lowest BCUT2D eigenvalue weighted by atomic mass is 10.1. The van der Waals surface area contributed by atoms with Gasteiger partial charge in [-0.15, -0.1) is 0 Å². The summed E-state index contributed by atoms with van der Waals surface area (Å²) in [5.74, 6) is 0.454. The Bertz CT molecular complexity index is 920. The van der Waals surface area contributed by atoms with Gasteiger partial charge in [-0.25, -0.2) is 0 Å². The Balaban J connectivity index is 1.32. The Kier molecular flexibility index (Phi) is 6.14. The quantitative estimate of drug-likeness (QED) is 0.785. The summed E-state index contributed by atoms with van der Waals surface area (Å²) in [5, 5.41) is 0. The Morgan fingerprint density at radius 1 is 1.00 bits per heavy atom. The van der Waals surface area contributed by atoms with Crippen LogP contribution in [0.5, 0.6) is 5.75 Å². The third kappa shape index (κ3) is 4.54. The van der Waals surface area contributed by atoms with Crippen LogP contribution in [0.4, 0.5) is 5.69 Å². The van der Waals surface area contributed by atoms with E-state index in [1.807, 2.05) is 47.4 Å². The molecule has 0 aromatic heterocycles. The summed E-state index contributed by atoms with van der Waals surface area (Å²) in [6.07, 6.45) is 3.63. The fraction of sp³-hybridized carbons (Fsp3) is 0.333. The van der Waals surface area contributed by atoms with Gasteiger partial charge in [0.2, 0.25) is 5.91 Å². The van der Waals surface area contributed by atoms with E-state index in [1.54, 1.807) is 4.90 Å². The number of anilines is 1. The zero-order chi connectivity index (χ0) is 20.9. The Hall–Kier alpha value is -3.12. The molecule has 0 spiro atoms. The summed E-state index contributed by atoms with van der Waals surface area (Å²) in [5.41, 5.74) is 1.92. The van der Waals surface area contributed by atoms with Gasteiger partial charge in [0, 0.05) is 39.6 Å². The van der Waals surface area contributed by atoms with Crippen molar-refractivity contribution in [1.82, 2.24) is 9.80 Å². The minimum absolute atomic E-state index is 0.0461. The average Bonchev–Trinajstić information content (AvgIpc) is 2.79. The molecule has 2 aliphatic heterocycles. The predicted molar refractivity (Wildman–Crippen MR) is 117 cm³/mol. The van der Waals surface area contributed by atoms with Gasteiger partial charge in [-0.3, -0.25) is 14.5 Å². The zero-order valence-electron chi connectivity index (χ0n) is 17.2. The Morgan fingerprint density at radius 2 is 1.70 bits per heavy atom. The van der Waals surface area contributed by atoms with Crippen molar-refractivity contribution < 1.29 is 14.3 Å². The van der Waals surface area contributed by atoms with Gasteiger partial charge in [-0.2, -0.15) is 0 Å². The highest BCUT2D eigenvalue weighted by molar-refractivity contribution is 5.95. The highest BCUT2D eigenvalue weighted by atomic mass is 16.5. The molecular weight excluding hydrogens is 378 g/mol. The van der Waals surface area contributed by atoms with Crippen LogP contribution in [-0.4, -0.2) is 67.0 Å². The zero-order valence-corrected chi connectivity index (χ0v) is 17.2. The maximum Gasteiger partial charge on any atom is 0.265 e.